The van der Waals surface area contributed by atoms with Gasteiger partial charge in [-0.1, -0.05) is 25.1 Å². The molecule has 1 saturated carbocycles. The fourth-order valence-electron chi connectivity index (χ4n) is 2.94. The van der Waals surface area contributed by atoms with E-state index in [1.807, 2.05) is 0 Å². The van der Waals surface area contributed by atoms with Crippen molar-refractivity contribution in [1.29, 1.82) is 0 Å². The monoisotopic (exact) mass is 283 g/mol. The van der Waals surface area contributed by atoms with Crippen molar-refractivity contribution in [2.75, 3.05) is 18.4 Å². The van der Waals surface area contributed by atoms with Crippen molar-refractivity contribution in [3.05, 3.63) is 35.9 Å². The fourth-order valence-corrected chi connectivity index (χ4v) is 2.94. The van der Waals surface area contributed by atoms with Crippen molar-refractivity contribution in [3.8, 4) is 0 Å². The third kappa shape index (κ3) is 3.35. The van der Waals surface area contributed by atoms with Gasteiger partial charge in [-0.05, 0) is 44.9 Å². The Morgan fingerprint density at radius 2 is 2.05 bits per heavy atom. The molecule has 3 rings (SSSR count). The molecule has 0 radical (unpaired) electrons. The summed E-state index contributed by atoms with van der Waals surface area (Å²) in [7, 11) is 0. The number of pyridine rings is 1. The Kier molecular flexibility index (Phi) is 4.39. The zero-order valence-electron chi connectivity index (χ0n) is 13.1. The molecular weight excluding hydrogens is 258 g/mol. The lowest BCUT2D eigenvalue weighted by Gasteiger charge is -2.23. The Labute approximate surface area is 127 Å². The van der Waals surface area contributed by atoms with Crippen LogP contribution >= 0.6 is 0 Å². The molecule has 0 spiro atoms. The van der Waals surface area contributed by atoms with Crippen molar-refractivity contribution >= 4 is 16.7 Å². The molecule has 0 saturated heterocycles. The van der Waals surface area contributed by atoms with Crippen LogP contribution in [0.4, 0.5) is 5.82 Å². The highest BCUT2D eigenvalue weighted by molar-refractivity contribution is 5.81. The highest BCUT2D eigenvalue weighted by Gasteiger charge is 2.28. The molecule has 0 amide bonds. The lowest BCUT2D eigenvalue weighted by molar-refractivity contribution is 0.255. The van der Waals surface area contributed by atoms with Gasteiger partial charge < -0.3 is 5.32 Å². The summed E-state index contributed by atoms with van der Waals surface area (Å²) >= 11 is 0. The SMILES string of the molecule is CCCN(Cc1cc2ccccc2nc1NCC)C1CC1. The topological polar surface area (TPSA) is 28.2 Å². The first-order chi connectivity index (χ1) is 10.3. The molecule has 1 heterocycles. The molecule has 112 valence electrons. The fraction of sp³-hybridized carbons (Fsp3) is 0.500. The van der Waals surface area contributed by atoms with Crippen LogP contribution in [0.15, 0.2) is 30.3 Å². The van der Waals surface area contributed by atoms with Crippen LogP contribution in [-0.4, -0.2) is 29.0 Å². The summed E-state index contributed by atoms with van der Waals surface area (Å²) in [6.07, 6.45) is 3.93. The van der Waals surface area contributed by atoms with E-state index in [0.717, 1.165) is 30.5 Å². The predicted octanol–water partition coefficient (Wildman–Crippen LogP) is 4.04. The van der Waals surface area contributed by atoms with Crippen LogP contribution < -0.4 is 5.32 Å². The lowest BCUT2D eigenvalue weighted by atomic mass is 10.1. The van der Waals surface area contributed by atoms with E-state index in [0.29, 0.717) is 0 Å². The molecule has 0 unspecified atom stereocenters. The first kappa shape index (κ1) is 14.3. The molecule has 3 nitrogen and oxygen atoms in total. The van der Waals surface area contributed by atoms with Gasteiger partial charge in [0.2, 0.25) is 0 Å². The van der Waals surface area contributed by atoms with Crippen LogP contribution in [0.2, 0.25) is 0 Å². The van der Waals surface area contributed by atoms with Crippen molar-refractivity contribution < 1.29 is 0 Å². The van der Waals surface area contributed by atoms with Crippen LogP contribution in [0.3, 0.4) is 0 Å². The van der Waals surface area contributed by atoms with E-state index in [1.165, 1.54) is 36.8 Å². The average Bonchev–Trinajstić information content (AvgIpc) is 3.32. The van der Waals surface area contributed by atoms with Gasteiger partial charge in [-0.2, -0.15) is 0 Å². The summed E-state index contributed by atoms with van der Waals surface area (Å²) in [5, 5.41) is 4.67. The van der Waals surface area contributed by atoms with Gasteiger partial charge in [0.1, 0.15) is 5.82 Å². The van der Waals surface area contributed by atoms with Crippen LogP contribution in [0.1, 0.15) is 38.7 Å². The molecule has 21 heavy (non-hydrogen) atoms. The lowest BCUT2D eigenvalue weighted by Crippen LogP contribution is -2.27. The molecule has 0 atom stereocenters. The van der Waals surface area contributed by atoms with Crippen LogP contribution in [0, 0.1) is 0 Å². The molecule has 1 aliphatic rings. The zero-order valence-corrected chi connectivity index (χ0v) is 13.1. The Morgan fingerprint density at radius 3 is 2.76 bits per heavy atom. The van der Waals surface area contributed by atoms with Gasteiger partial charge in [-0.25, -0.2) is 4.98 Å². The minimum atomic E-state index is 0.797. The number of para-hydroxylation sites is 1. The highest BCUT2D eigenvalue weighted by atomic mass is 15.2. The van der Waals surface area contributed by atoms with Crippen LogP contribution in [0.25, 0.3) is 10.9 Å². The second-order valence-electron chi connectivity index (χ2n) is 5.92. The molecule has 1 fully saturated rings. The maximum absolute atomic E-state index is 4.82. The summed E-state index contributed by atoms with van der Waals surface area (Å²) in [5.41, 5.74) is 2.40. The molecule has 1 aromatic carbocycles. The largest absolute Gasteiger partial charge is 0.370 e. The van der Waals surface area contributed by atoms with E-state index in [9.17, 15) is 0 Å². The Hall–Kier alpha value is -1.61. The normalized spacial score (nSPS) is 14.8. The third-order valence-electron chi connectivity index (χ3n) is 4.09. The number of hydrogen-bond acceptors (Lipinski definition) is 3. The number of rotatable bonds is 7. The van der Waals surface area contributed by atoms with Crippen LogP contribution in [0.5, 0.6) is 0 Å². The number of benzene rings is 1. The molecule has 1 aliphatic carbocycles. The third-order valence-corrected chi connectivity index (χ3v) is 4.09. The van der Waals surface area contributed by atoms with E-state index in [1.54, 1.807) is 0 Å². The second kappa shape index (κ2) is 6.44. The smallest absolute Gasteiger partial charge is 0.131 e. The van der Waals surface area contributed by atoms with Gasteiger partial charge in [0.15, 0.2) is 0 Å². The van der Waals surface area contributed by atoms with E-state index < -0.39 is 0 Å². The number of anilines is 1. The zero-order chi connectivity index (χ0) is 14.7. The highest BCUT2D eigenvalue weighted by Crippen LogP contribution is 2.30. The van der Waals surface area contributed by atoms with Gasteiger partial charge >= 0.3 is 0 Å². The van der Waals surface area contributed by atoms with Crippen molar-refractivity contribution in [2.45, 2.75) is 45.7 Å². The summed E-state index contributed by atoms with van der Waals surface area (Å²) in [6.45, 7) is 7.50. The van der Waals surface area contributed by atoms with E-state index in [-0.39, 0.29) is 0 Å². The number of nitrogens with one attached hydrogen (secondary N) is 1. The quantitative estimate of drug-likeness (QED) is 0.831. The summed E-state index contributed by atoms with van der Waals surface area (Å²) in [4.78, 5) is 7.44. The summed E-state index contributed by atoms with van der Waals surface area (Å²) in [6, 6.07) is 11.5. The molecular formula is C18H25N3. The van der Waals surface area contributed by atoms with Gasteiger partial charge in [0.05, 0.1) is 5.52 Å². The molecule has 1 aromatic heterocycles. The van der Waals surface area contributed by atoms with Crippen molar-refractivity contribution in [1.82, 2.24) is 9.88 Å². The molecule has 2 aromatic rings. The number of fused-ring (bicyclic) bond motifs is 1. The number of nitrogens with zero attached hydrogens (tertiary/aromatic N) is 2. The van der Waals surface area contributed by atoms with Gasteiger partial charge in [0.25, 0.3) is 0 Å². The van der Waals surface area contributed by atoms with Gasteiger partial charge in [-0.3, -0.25) is 4.90 Å². The average molecular weight is 283 g/mol. The number of hydrogen-bond donors (Lipinski definition) is 1. The maximum atomic E-state index is 4.82. The Balaban J connectivity index is 1.92. The molecule has 3 heteroatoms. The van der Waals surface area contributed by atoms with E-state index in [4.69, 9.17) is 4.98 Å². The Morgan fingerprint density at radius 1 is 1.24 bits per heavy atom. The Bertz CT molecular complexity index is 604. The first-order valence-corrected chi connectivity index (χ1v) is 8.18. The predicted molar refractivity (Wildman–Crippen MR) is 89.6 cm³/mol. The number of aromatic nitrogens is 1. The van der Waals surface area contributed by atoms with Gasteiger partial charge in [-0.15, -0.1) is 0 Å². The molecule has 0 aliphatic heterocycles. The standard InChI is InChI=1S/C18H25N3/c1-3-11-21(16-9-10-16)13-15-12-14-7-5-6-8-17(14)20-18(15)19-4-2/h5-8,12,16H,3-4,9-11,13H2,1-2H3,(H,19,20). The van der Waals surface area contributed by atoms with E-state index >= 15 is 0 Å². The van der Waals surface area contributed by atoms with Crippen molar-refractivity contribution in [3.63, 3.8) is 0 Å². The minimum absolute atomic E-state index is 0.797. The maximum Gasteiger partial charge on any atom is 0.131 e. The first-order valence-electron chi connectivity index (χ1n) is 8.18. The van der Waals surface area contributed by atoms with Gasteiger partial charge in [0, 0.05) is 30.1 Å². The van der Waals surface area contributed by atoms with E-state index in [2.05, 4.69) is 54.4 Å². The molecule has 0 bridgehead atoms. The summed E-state index contributed by atoms with van der Waals surface area (Å²) in [5.74, 6) is 1.05. The van der Waals surface area contributed by atoms with Crippen molar-refractivity contribution in [2.24, 2.45) is 0 Å². The summed E-state index contributed by atoms with van der Waals surface area (Å²) < 4.78 is 0. The second-order valence-corrected chi connectivity index (χ2v) is 5.92. The minimum Gasteiger partial charge on any atom is -0.370 e. The molecule has 1 N–H and O–H groups in total. The van der Waals surface area contributed by atoms with Crippen LogP contribution in [-0.2, 0) is 6.54 Å².